The van der Waals surface area contributed by atoms with E-state index in [-0.39, 0.29) is 5.69 Å². The van der Waals surface area contributed by atoms with Crippen LogP contribution in [0.3, 0.4) is 0 Å². The Morgan fingerprint density at radius 3 is 2.80 bits per heavy atom. The fourth-order valence-corrected chi connectivity index (χ4v) is 1.48. The third-order valence-corrected chi connectivity index (χ3v) is 2.32. The fourth-order valence-electron chi connectivity index (χ4n) is 1.48. The van der Waals surface area contributed by atoms with Gasteiger partial charge in [0.15, 0.2) is 0 Å². The van der Waals surface area contributed by atoms with Gasteiger partial charge < -0.3 is 5.11 Å². The van der Waals surface area contributed by atoms with E-state index in [1.54, 1.807) is 12.1 Å². The minimum absolute atomic E-state index is 0.194. The molecule has 0 radical (unpaired) electrons. The van der Waals surface area contributed by atoms with Gasteiger partial charge >= 0.3 is 5.97 Å². The molecule has 1 N–H and O–H groups in total. The van der Waals surface area contributed by atoms with E-state index in [9.17, 15) is 4.79 Å². The summed E-state index contributed by atoms with van der Waals surface area (Å²) in [5.41, 5.74) is 1.92. The lowest BCUT2D eigenvalue weighted by molar-refractivity contribution is 0.0687. The number of carbonyl (C=O) groups is 1. The highest BCUT2D eigenvalue weighted by atomic mass is 16.4. The molecule has 78 valence electrons. The molecule has 0 saturated heterocycles. The van der Waals surface area contributed by atoms with Gasteiger partial charge in [0, 0.05) is 0 Å². The van der Waals surface area contributed by atoms with Crippen LogP contribution in [0.4, 0.5) is 0 Å². The van der Waals surface area contributed by atoms with Crippen LogP contribution in [-0.4, -0.2) is 20.7 Å². The number of pyridine rings is 1. The summed E-state index contributed by atoms with van der Waals surface area (Å²) in [4.78, 5) is 10.9. The molecule has 0 saturated carbocycles. The summed E-state index contributed by atoms with van der Waals surface area (Å²) in [6.07, 6.45) is 0. The van der Waals surface area contributed by atoms with Crippen LogP contribution in [0.1, 0.15) is 35.9 Å². The highest BCUT2D eigenvalue weighted by Gasteiger charge is 2.11. The Balaban J connectivity index is 2.70. The van der Waals surface area contributed by atoms with E-state index in [2.05, 4.69) is 5.10 Å². The molecule has 0 spiro atoms. The molecule has 0 atom stereocenters. The number of hydrogen-bond donors (Lipinski definition) is 1. The van der Waals surface area contributed by atoms with Gasteiger partial charge in [-0.3, -0.25) is 0 Å². The summed E-state index contributed by atoms with van der Waals surface area (Å²) < 4.78 is 1.47. The van der Waals surface area contributed by atoms with Crippen molar-refractivity contribution in [2.24, 2.45) is 0 Å². The van der Waals surface area contributed by atoms with Gasteiger partial charge in [-0.25, -0.2) is 9.31 Å². The molecule has 2 aromatic heterocycles. The van der Waals surface area contributed by atoms with E-state index >= 15 is 0 Å². The molecule has 0 aromatic carbocycles. The van der Waals surface area contributed by atoms with Crippen LogP contribution in [0.2, 0.25) is 0 Å². The van der Waals surface area contributed by atoms with Crippen LogP contribution in [0, 0.1) is 0 Å². The van der Waals surface area contributed by atoms with Crippen molar-refractivity contribution in [2.75, 3.05) is 0 Å². The molecule has 0 unspecified atom stereocenters. The zero-order valence-electron chi connectivity index (χ0n) is 8.64. The standard InChI is InChI=1S/C11H12N2O2/c1-7(2)9-6-8-4-3-5-10(11(14)15)13(8)12-9/h3-7H,1-2H3,(H,14,15). The van der Waals surface area contributed by atoms with Crippen molar-refractivity contribution in [2.45, 2.75) is 19.8 Å². The number of rotatable bonds is 2. The van der Waals surface area contributed by atoms with Crippen molar-refractivity contribution in [1.82, 2.24) is 9.61 Å². The molecule has 2 rings (SSSR count). The Morgan fingerprint density at radius 2 is 2.20 bits per heavy atom. The molecule has 0 aliphatic carbocycles. The van der Waals surface area contributed by atoms with Crippen molar-refractivity contribution in [3.8, 4) is 0 Å². The number of aromatic nitrogens is 2. The molecule has 2 heterocycles. The maximum absolute atomic E-state index is 10.9. The van der Waals surface area contributed by atoms with Crippen molar-refractivity contribution in [3.63, 3.8) is 0 Å². The predicted octanol–water partition coefficient (Wildman–Crippen LogP) is 2.16. The average Bonchev–Trinajstić information content (AvgIpc) is 2.60. The molecular weight excluding hydrogens is 192 g/mol. The van der Waals surface area contributed by atoms with Crippen LogP contribution < -0.4 is 0 Å². The first-order chi connectivity index (χ1) is 7.09. The quantitative estimate of drug-likeness (QED) is 0.815. The molecule has 0 aliphatic heterocycles. The minimum atomic E-state index is -0.959. The molecule has 0 amide bonds. The zero-order valence-corrected chi connectivity index (χ0v) is 8.64. The Morgan fingerprint density at radius 1 is 1.47 bits per heavy atom. The molecule has 15 heavy (non-hydrogen) atoms. The molecule has 0 fully saturated rings. The molecule has 4 nitrogen and oxygen atoms in total. The number of hydrogen-bond acceptors (Lipinski definition) is 2. The zero-order chi connectivity index (χ0) is 11.0. The van der Waals surface area contributed by atoms with Crippen molar-refractivity contribution in [3.05, 3.63) is 35.7 Å². The average molecular weight is 204 g/mol. The molecule has 0 aliphatic rings. The van der Waals surface area contributed by atoms with Crippen LogP contribution in [0.15, 0.2) is 24.3 Å². The summed E-state index contributed by atoms with van der Waals surface area (Å²) in [6, 6.07) is 7.04. The Labute approximate surface area is 87.2 Å². The van der Waals surface area contributed by atoms with E-state index in [4.69, 9.17) is 5.11 Å². The minimum Gasteiger partial charge on any atom is -0.477 e. The van der Waals surface area contributed by atoms with Crippen molar-refractivity contribution in [1.29, 1.82) is 0 Å². The molecule has 2 aromatic rings. The summed E-state index contributed by atoms with van der Waals surface area (Å²) in [7, 11) is 0. The van der Waals surface area contributed by atoms with Gasteiger partial charge in [-0.05, 0) is 24.1 Å². The summed E-state index contributed by atoms with van der Waals surface area (Å²) in [5, 5.41) is 13.2. The smallest absolute Gasteiger partial charge is 0.354 e. The van der Waals surface area contributed by atoms with Gasteiger partial charge in [-0.1, -0.05) is 19.9 Å². The van der Waals surface area contributed by atoms with Crippen LogP contribution in [0.25, 0.3) is 5.52 Å². The second kappa shape index (κ2) is 3.38. The lowest BCUT2D eigenvalue weighted by Crippen LogP contribution is -2.05. The molecule has 0 bridgehead atoms. The van der Waals surface area contributed by atoms with Gasteiger partial charge in [0.05, 0.1) is 11.2 Å². The van der Waals surface area contributed by atoms with Gasteiger partial charge in [-0.2, -0.15) is 5.10 Å². The number of carboxylic acids is 1. The first-order valence-corrected chi connectivity index (χ1v) is 4.81. The highest BCUT2D eigenvalue weighted by Crippen LogP contribution is 2.16. The van der Waals surface area contributed by atoms with Gasteiger partial charge in [0.2, 0.25) is 0 Å². The van der Waals surface area contributed by atoms with E-state index in [0.29, 0.717) is 5.92 Å². The Hall–Kier alpha value is -1.84. The largest absolute Gasteiger partial charge is 0.477 e. The second-order valence-electron chi connectivity index (χ2n) is 3.78. The number of carboxylic acid groups (broad SMARTS) is 1. The Kier molecular flexibility index (Phi) is 2.19. The highest BCUT2D eigenvalue weighted by molar-refractivity contribution is 5.86. The first kappa shape index (κ1) is 9.71. The maximum atomic E-state index is 10.9. The van der Waals surface area contributed by atoms with Gasteiger partial charge in [0.1, 0.15) is 5.69 Å². The molecule has 4 heteroatoms. The number of aromatic carboxylic acids is 1. The van der Waals surface area contributed by atoms with E-state index in [1.165, 1.54) is 4.52 Å². The van der Waals surface area contributed by atoms with Crippen molar-refractivity contribution < 1.29 is 9.90 Å². The Bertz CT molecular complexity index is 514. The van der Waals surface area contributed by atoms with E-state index in [0.717, 1.165) is 11.2 Å². The van der Waals surface area contributed by atoms with Crippen molar-refractivity contribution >= 4 is 11.5 Å². The summed E-state index contributed by atoms with van der Waals surface area (Å²) >= 11 is 0. The fraction of sp³-hybridized carbons (Fsp3) is 0.273. The predicted molar refractivity (Wildman–Crippen MR) is 56.2 cm³/mol. The second-order valence-corrected chi connectivity index (χ2v) is 3.78. The lowest BCUT2D eigenvalue weighted by atomic mass is 10.1. The third kappa shape index (κ3) is 1.58. The van der Waals surface area contributed by atoms with Crippen LogP contribution in [0.5, 0.6) is 0 Å². The number of fused-ring (bicyclic) bond motifs is 1. The maximum Gasteiger partial charge on any atom is 0.354 e. The molecular formula is C11H12N2O2. The monoisotopic (exact) mass is 204 g/mol. The van der Waals surface area contributed by atoms with Crippen LogP contribution >= 0.6 is 0 Å². The van der Waals surface area contributed by atoms with Gasteiger partial charge in [0.25, 0.3) is 0 Å². The normalized spacial score (nSPS) is 11.1. The lowest BCUT2D eigenvalue weighted by Gasteiger charge is -1.98. The summed E-state index contributed by atoms with van der Waals surface area (Å²) in [5.74, 6) is -0.662. The third-order valence-electron chi connectivity index (χ3n) is 2.32. The van der Waals surface area contributed by atoms with E-state index in [1.807, 2.05) is 26.0 Å². The summed E-state index contributed by atoms with van der Waals surface area (Å²) in [6.45, 7) is 4.06. The van der Waals surface area contributed by atoms with Crippen LogP contribution in [-0.2, 0) is 0 Å². The first-order valence-electron chi connectivity index (χ1n) is 4.81. The SMILES string of the molecule is CC(C)c1cc2cccc(C(=O)O)n2n1. The van der Waals surface area contributed by atoms with Gasteiger partial charge in [-0.15, -0.1) is 0 Å². The van der Waals surface area contributed by atoms with E-state index < -0.39 is 5.97 Å². The topological polar surface area (TPSA) is 54.6 Å². The number of nitrogens with zero attached hydrogens (tertiary/aromatic N) is 2.